The maximum absolute atomic E-state index is 13.8. The van der Waals surface area contributed by atoms with Gasteiger partial charge in [-0.3, -0.25) is 9.59 Å². The lowest BCUT2D eigenvalue weighted by Crippen LogP contribution is -2.45. The van der Waals surface area contributed by atoms with Crippen LogP contribution in [0.3, 0.4) is 0 Å². The number of halogens is 2. The van der Waals surface area contributed by atoms with Gasteiger partial charge in [0, 0.05) is 38.4 Å². The molecule has 206 valence electrons. The van der Waals surface area contributed by atoms with Crippen LogP contribution in [0.25, 0.3) is 10.2 Å². The Morgan fingerprint density at radius 3 is 2.58 bits per heavy atom. The van der Waals surface area contributed by atoms with Gasteiger partial charge in [0.25, 0.3) is 0 Å². The minimum absolute atomic E-state index is 0.0322. The number of phenolic OH excluding ortho intramolecular Hbond substituents is 1. The molecule has 9 heteroatoms. The number of H-pyrrole nitrogens is 1. The van der Waals surface area contributed by atoms with Crippen LogP contribution >= 0.6 is 11.3 Å². The molecular formula is C29H37F2N3O3S. The second kappa shape index (κ2) is 13.3. The van der Waals surface area contributed by atoms with Crippen molar-refractivity contribution in [2.75, 3.05) is 19.6 Å². The number of alkyl halides is 2. The fourth-order valence-corrected chi connectivity index (χ4v) is 6.13. The first-order valence-corrected chi connectivity index (χ1v) is 14.4. The first-order chi connectivity index (χ1) is 18.3. The van der Waals surface area contributed by atoms with E-state index in [9.17, 15) is 23.5 Å². The van der Waals surface area contributed by atoms with Crippen molar-refractivity contribution < 1.29 is 18.7 Å². The van der Waals surface area contributed by atoms with Crippen LogP contribution in [0.2, 0.25) is 0 Å². The van der Waals surface area contributed by atoms with Crippen molar-refractivity contribution in [2.45, 2.75) is 76.2 Å². The number of unbranched alkanes of at least 4 members (excludes halogenated alkanes) is 2. The van der Waals surface area contributed by atoms with Gasteiger partial charge in [-0.15, -0.1) is 0 Å². The van der Waals surface area contributed by atoms with Crippen molar-refractivity contribution in [3.63, 3.8) is 0 Å². The Kier molecular flexibility index (Phi) is 9.91. The molecule has 4 rings (SSSR count). The molecule has 2 aromatic carbocycles. The number of hydrogen-bond acceptors (Lipinski definition) is 5. The number of thiazole rings is 1. The molecule has 0 atom stereocenters. The molecule has 1 aliphatic carbocycles. The molecule has 3 N–H and O–H groups in total. The number of aryl methyl sites for hydroxylation is 1. The molecule has 6 nitrogen and oxygen atoms in total. The minimum atomic E-state index is -2.62. The van der Waals surface area contributed by atoms with E-state index in [1.54, 1.807) is 6.07 Å². The van der Waals surface area contributed by atoms with Gasteiger partial charge in [0.05, 0.1) is 4.70 Å². The summed E-state index contributed by atoms with van der Waals surface area (Å²) in [4.78, 5) is 29.2. The molecule has 0 spiro atoms. The van der Waals surface area contributed by atoms with Crippen LogP contribution in [0.5, 0.6) is 5.75 Å². The van der Waals surface area contributed by atoms with Gasteiger partial charge in [0.15, 0.2) is 0 Å². The Hall–Kier alpha value is -2.78. The molecule has 38 heavy (non-hydrogen) atoms. The summed E-state index contributed by atoms with van der Waals surface area (Å²) in [6, 6.07) is 13.5. The Bertz CT molecular complexity index is 1230. The summed E-state index contributed by atoms with van der Waals surface area (Å²) >= 11 is 1.10. The Morgan fingerprint density at radius 1 is 1.05 bits per heavy atom. The molecule has 1 amide bonds. The molecule has 1 heterocycles. The lowest BCUT2D eigenvalue weighted by atomic mass is 9.90. The molecule has 3 aromatic rings. The predicted octanol–water partition coefficient (Wildman–Crippen LogP) is 5.64. The number of rotatable bonds is 13. The fourth-order valence-electron chi connectivity index (χ4n) is 5.23. The van der Waals surface area contributed by atoms with Gasteiger partial charge >= 0.3 is 4.87 Å². The highest BCUT2D eigenvalue weighted by Gasteiger charge is 2.37. The Morgan fingerprint density at radius 2 is 1.82 bits per heavy atom. The molecule has 0 unspecified atom stereocenters. The number of carbonyl (C=O) groups is 1. The number of nitrogens with one attached hydrogen (secondary N) is 2. The summed E-state index contributed by atoms with van der Waals surface area (Å²) < 4.78 is 28.3. The van der Waals surface area contributed by atoms with E-state index in [1.807, 2.05) is 29.2 Å². The lowest BCUT2D eigenvalue weighted by molar-refractivity contribution is -0.136. The summed E-state index contributed by atoms with van der Waals surface area (Å²) in [6.45, 7) is 1.93. The van der Waals surface area contributed by atoms with Crippen LogP contribution in [-0.4, -0.2) is 52.5 Å². The predicted molar refractivity (Wildman–Crippen MR) is 148 cm³/mol. The number of nitrogens with zero attached hydrogens (tertiary/aromatic N) is 1. The number of hydrogen-bond donors (Lipinski definition) is 3. The van der Waals surface area contributed by atoms with Gasteiger partial charge in [-0.2, -0.15) is 0 Å². The zero-order valence-electron chi connectivity index (χ0n) is 21.7. The Balaban J connectivity index is 1.25. The summed E-state index contributed by atoms with van der Waals surface area (Å²) in [5, 5.41) is 13.3. The van der Waals surface area contributed by atoms with E-state index in [4.69, 9.17) is 0 Å². The van der Waals surface area contributed by atoms with Crippen LogP contribution in [-0.2, 0) is 17.6 Å². The van der Waals surface area contributed by atoms with Gasteiger partial charge in [0.1, 0.15) is 11.3 Å². The van der Waals surface area contributed by atoms with Gasteiger partial charge in [-0.25, -0.2) is 8.78 Å². The first kappa shape index (κ1) is 28.2. The fraction of sp³-hybridized carbons (Fsp3) is 0.517. The van der Waals surface area contributed by atoms with E-state index in [2.05, 4.69) is 22.4 Å². The topological polar surface area (TPSA) is 85.4 Å². The van der Waals surface area contributed by atoms with Crippen LogP contribution in [0.4, 0.5) is 8.78 Å². The van der Waals surface area contributed by atoms with E-state index in [-0.39, 0.29) is 35.4 Å². The molecule has 0 aliphatic heterocycles. The highest BCUT2D eigenvalue weighted by Crippen LogP contribution is 2.35. The third kappa shape index (κ3) is 7.86. The van der Waals surface area contributed by atoms with Gasteiger partial charge in [0.2, 0.25) is 11.8 Å². The van der Waals surface area contributed by atoms with E-state index < -0.39 is 5.92 Å². The van der Waals surface area contributed by atoms with Gasteiger partial charge in [-0.1, -0.05) is 54.2 Å². The average Bonchev–Trinajstić information content (AvgIpc) is 3.30. The number of phenols is 1. The maximum atomic E-state index is 13.8. The number of carbonyl (C=O) groups excluding carboxylic acids is 1. The second-order valence-corrected chi connectivity index (χ2v) is 11.2. The molecule has 0 radical (unpaired) electrons. The monoisotopic (exact) mass is 545 g/mol. The molecule has 1 aromatic heterocycles. The lowest BCUT2D eigenvalue weighted by Gasteiger charge is -2.37. The summed E-state index contributed by atoms with van der Waals surface area (Å²) in [5.74, 6) is -2.52. The van der Waals surface area contributed by atoms with Crippen LogP contribution in [0, 0.1) is 0 Å². The van der Waals surface area contributed by atoms with Gasteiger partial charge < -0.3 is 20.3 Å². The van der Waals surface area contributed by atoms with E-state index in [0.717, 1.165) is 60.2 Å². The van der Waals surface area contributed by atoms with Crippen molar-refractivity contribution in [1.29, 1.82) is 0 Å². The number of fused-ring (bicyclic) bond motifs is 1. The smallest absolute Gasteiger partial charge is 0.305 e. The average molecular weight is 546 g/mol. The molecular weight excluding hydrogens is 508 g/mol. The van der Waals surface area contributed by atoms with E-state index >= 15 is 0 Å². The van der Waals surface area contributed by atoms with Crippen molar-refractivity contribution in [2.24, 2.45) is 0 Å². The van der Waals surface area contributed by atoms with Crippen molar-refractivity contribution in [1.82, 2.24) is 15.2 Å². The normalized spacial score (nSPS) is 15.6. The Labute approximate surface area is 226 Å². The molecule has 1 saturated carbocycles. The highest BCUT2D eigenvalue weighted by molar-refractivity contribution is 7.16. The summed E-state index contributed by atoms with van der Waals surface area (Å²) in [5.41, 5.74) is 2.75. The molecule has 0 saturated heterocycles. The summed E-state index contributed by atoms with van der Waals surface area (Å²) in [7, 11) is 0. The van der Waals surface area contributed by atoms with Crippen LogP contribution in [0.15, 0.2) is 47.3 Å². The molecule has 0 bridgehead atoms. The highest BCUT2D eigenvalue weighted by atomic mass is 32.1. The van der Waals surface area contributed by atoms with Crippen LogP contribution < -0.4 is 10.2 Å². The third-order valence-electron chi connectivity index (χ3n) is 7.38. The zero-order valence-corrected chi connectivity index (χ0v) is 22.5. The minimum Gasteiger partial charge on any atom is -0.506 e. The number of aromatic hydroxyl groups is 1. The number of aromatic nitrogens is 1. The third-order valence-corrected chi connectivity index (χ3v) is 8.34. The van der Waals surface area contributed by atoms with E-state index in [0.29, 0.717) is 37.9 Å². The molecule has 1 fully saturated rings. The first-order valence-electron chi connectivity index (χ1n) is 13.6. The number of aromatic amines is 1. The molecule has 1 aliphatic rings. The quantitative estimate of drug-likeness (QED) is 0.243. The second-order valence-electron chi connectivity index (χ2n) is 10.2. The largest absolute Gasteiger partial charge is 0.506 e. The maximum Gasteiger partial charge on any atom is 0.305 e. The number of amides is 1. The standard InChI is InChI=1S/C29H37F2N3O3S/c30-29(31)16-12-23(13-17-29)34(25(36)15-19-32-18-14-21-7-3-1-4-8-21)20-6-2-5-9-22-10-11-24(35)26-27(22)38-28(37)33-26/h1,3-4,7-8,10-11,23,32,35H,2,5-6,9,12-20H2,(H,33,37). The van der Waals surface area contributed by atoms with E-state index in [1.165, 1.54) is 5.56 Å². The summed E-state index contributed by atoms with van der Waals surface area (Å²) in [6.07, 6.45) is 4.94. The van der Waals surface area contributed by atoms with Crippen molar-refractivity contribution >= 4 is 27.5 Å². The number of benzene rings is 2. The SMILES string of the molecule is O=C(CCNCCc1ccccc1)N(CCCCCc1ccc(O)c2[nH]c(=O)sc12)C1CCC(F)(F)CC1. The van der Waals surface area contributed by atoms with Crippen molar-refractivity contribution in [3.05, 3.63) is 63.3 Å². The van der Waals surface area contributed by atoms with Crippen LogP contribution in [0.1, 0.15) is 62.5 Å². The zero-order chi connectivity index (χ0) is 27.0. The van der Waals surface area contributed by atoms with Crippen molar-refractivity contribution in [3.8, 4) is 5.75 Å². The van der Waals surface area contributed by atoms with Gasteiger partial charge in [-0.05, 0) is 62.3 Å².